The molecule has 0 saturated heterocycles. The number of likely N-dealkylation sites (N-methyl/N-ethyl adjacent to an activating group) is 1. The van der Waals surface area contributed by atoms with E-state index in [4.69, 9.17) is 16.3 Å². The van der Waals surface area contributed by atoms with E-state index in [0.29, 0.717) is 11.3 Å². The van der Waals surface area contributed by atoms with Gasteiger partial charge in [0.1, 0.15) is 11.1 Å². The molecular weight excluding hydrogens is 202 g/mol. The number of rotatable bonds is 3. The van der Waals surface area contributed by atoms with Crippen LogP contribution in [0, 0.1) is 0 Å². The molecule has 1 amide bonds. The highest BCUT2D eigenvalue weighted by molar-refractivity contribution is 6.31. The fourth-order valence-corrected chi connectivity index (χ4v) is 1.43. The van der Waals surface area contributed by atoms with E-state index in [1.165, 1.54) is 0 Å². The summed E-state index contributed by atoms with van der Waals surface area (Å²) in [6, 6.07) is 7.19. The number of amides is 1. The molecule has 0 aliphatic carbocycles. The van der Waals surface area contributed by atoms with Crippen molar-refractivity contribution >= 4 is 17.5 Å². The molecule has 0 radical (unpaired) electrons. The van der Waals surface area contributed by atoms with Crippen molar-refractivity contribution in [1.29, 1.82) is 0 Å². The summed E-state index contributed by atoms with van der Waals surface area (Å²) in [5.41, 5.74) is 0.677. The van der Waals surface area contributed by atoms with Gasteiger partial charge >= 0.3 is 0 Å². The number of carbonyl (C=O) groups excluding carboxylic acids is 1. The van der Waals surface area contributed by atoms with E-state index in [2.05, 4.69) is 5.32 Å². The molecule has 4 heteroatoms. The third-order valence-electron chi connectivity index (χ3n) is 1.89. The molecule has 1 atom stereocenters. The van der Waals surface area contributed by atoms with Crippen LogP contribution in [0.5, 0.6) is 5.75 Å². The Labute approximate surface area is 88.0 Å². The second kappa shape index (κ2) is 4.86. The maximum Gasteiger partial charge on any atom is 0.242 e. The van der Waals surface area contributed by atoms with E-state index < -0.39 is 5.38 Å². The van der Waals surface area contributed by atoms with Crippen LogP contribution in [0.2, 0.25) is 0 Å². The van der Waals surface area contributed by atoms with Crippen molar-refractivity contribution in [3.8, 4) is 5.75 Å². The third kappa shape index (κ3) is 2.17. The van der Waals surface area contributed by atoms with Crippen LogP contribution in [0.4, 0.5) is 0 Å². The highest BCUT2D eigenvalue weighted by atomic mass is 35.5. The molecule has 1 aromatic carbocycles. The number of ether oxygens (including phenoxy) is 1. The van der Waals surface area contributed by atoms with E-state index in [0.717, 1.165) is 0 Å². The third-order valence-corrected chi connectivity index (χ3v) is 2.32. The zero-order valence-electron chi connectivity index (χ0n) is 8.08. The maximum atomic E-state index is 11.3. The topological polar surface area (TPSA) is 38.3 Å². The Balaban J connectivity index is 2.99. The first-order chi connectivity index (χ1) is 6.70. The monoisotopic (exact) mass is 213 g/mol. The molecule has 3 nitrogen and oxygen atoms in total. The number of hydrogen-bond donors (Lipinski definition) is 1. The number of nitrogens with one attached hydrogen (secondary N) is 1. The highest BCUT2D eigenvalue weighted by Crippen LogP contribution is 2.29. The predicted molar refractivity (Wildman–Crippen MR) is 55.7 cm³/mol. The van der Waals surface area contributed by atoms with Crippen LogP contribution in [0.3, 0.4) is 0 Å². The number of alkyl halides is 1. The van der Waals surface area contributed by atoms with Crippen LogP contribution >= 0.6 is 11.6 Å². The normalized spacial score (nSPS) is 11.9. The van der Waals surface area contributed by atoms with E-state index in [-0.39, 0.29) is 5.91 Å². The Kier molecular flexibility index (Phi) is 3.77. The zero-order valence-corrected chi connectivity index (χ0v) is 8.84. The molecule has 0 spiro atoms. The minimum atomic E-state index is -0.712. The second-order valence-electron chi connectivity index (χ2n) is 2.72. The second-order valence-corrected chi connectivity index (χ2v) is 3.16. The van der Waals surface area contributed by atoms with Gasteiger partial charge in [0.2, 0.25) is 5.91 Å². The van der Waals surface area contributed by atoms with Crippen molar-refractivity contribution in [2.75, 3.05) is 14.2 Å². The molecule has 0 saturated carbocycles. The molecule has 1 N–H and O–H groups in total. The first-order valence-electron chi connectivity index (χ1n) is 4.19. The molecule has 0 aliphatic heterocycles. The van der Waals surface area contributed by atoms with Crippen molar-refractivity contribution < 1.29 is 9.53 Å². The summed E-state index contributed by atoms with van der Waals surface area (Å²) in [4.78, 5) is 11.3. The molecule has 76 valence electrons. The number of benzene rings is 1. The summed E-state index contributed by atoms with van der Waals surface area (Å²) in [7, 11) is 3.10. The molecule has 1 unspecified atom stereocenters. The van der Waals surface area contributed by atoms with Crippen LogP contribution in [0.1, 0.15) is 10.9 Å². The van der Waals surface area contributed by atoms with Crippen molar-refractivity contribution in [3.05, 3.63) is 29.8 Å². The maximum absolute atomic E-state index is 11.3. The predicted octanol–water partition coefficient (Wildman–Crippen LogP) is 1.72. The van der Waals surface area contributed by atoms with Gasteiger partial charge in [-0.3, -0.25) is 4.79 Å². The Morgan fingerprint density at radius 1 is 1.50 bits per heavy atom. The van der Waals surface area contributed by atoms with Crippen LogP contribution in [-0.4, -0.2) is 20.1 Å². The average Bonchev–Trinajstić information content (AvgIpc) is 2.26. The molecule has 0 bridgehead atoms. The van der Waals surface area contributed by atoms with E-state index in [9.17, 15) is 4.79 Å². The quantitative estimate of drug-likeness (QED) is 0.777. The molecule has 1 aromatic rings. The lowest BCUT2D eigenvalue weighted by Crippen LogP contribution is -2.22. The van der Waals surface area contributed by atoms with Gasteiger partial charge in [0.05, 0.1) is 7.11 Å². The van der Waals surface area contributed by atoms with Crippen LogP contribution in [-0.2, 0) is 4.79 Å². The Hall–Kier alpha value is -1.22. The number of para-hydroxylation sites is 1. The Morgan fingerprint density at radius 2 is 2.14 bits per heavy atom. The standard InChI is InChI=1S/C10H12ClNO2/c1-12-10(13)9(11)7-5-3-4-6-8(7)14-2/h3-6,9H,1-2H3,(H,12,13). The lowest BCUT2D eigenvalue weighted by molar-refractivity contribution is -0.120. The zero-order chi connectivity index (χ0) is 10.6. The van der Waals surface area contributed by atoms with Crippen molar-refractivity contribution in [3.63, 3.8) is 0 Å². The minimum Gasteiger partial charge on any atom is -0.496 e. The van der Waals surface area contributed by atoms with Crippen LogP contribution in [0.25, 0.3) is 0 Å². The lowest BCUT2D eigenvalue weighted by atomic mass is 10.1. The van der Waals surface area contributed by atoms with E-state index in [1.54, 1.807) is 26.3 Å². The Morgan fingerprint density at radius 3 is 2.71 bits per heavy atom. The van der Waals surface area contributed by atoms with E-state index in [1.807, 2.05) is 12.1 Å². The first-order valence-corrected chi connectivity index (χ1v) is 4.63. The number of halogens is 1. The summed E-state index contributed by atoms with van der Waals surface area (Å²) in [5, 5.41) is 1.78. The van der Waals surface area contributed by atoms with Crippen LogP contribution in [0.15, 0.2) is 24.3 Å². The van der Waals surface area contributed by atoms with Crippen molar-refractivity contribution in [2.45, 2.75) is 5.38 Å². The number of methoxy groups -OCH3 is 1. The van der Waals surface area contributed by atoms with Crippen molar-refractivity contribution in [2.24, 2.45) is 0 Å². The largest absolute Gasteiger partial charge is 0.496 e. The summed E-state index contributed by atoms with van der Waals surface area (Å²) in [5.74, 6) is 0.382. The molecule has 0 heterocycles. The van der Waals surface area contributed by atoms with Crippen LogP contribution < -0.4 is 10.1 Å². The van der Waals surface area contributed by atoms with Gasteiger partial charge in [-0.25, -0.2) is 0 Å². The van der Waals surface area contributed by atoms with E-state index >= 15 is 0 Å². The molecule has 1 rings (SSSR count). The summed E-state index contributed by atoms with van der Waals surface area (Å²) in [6.07, 6.45) is 0. The average molecular weight is 214 g/mol. The van der Waals surface area contributed by atoms with Crippen molar-refractivity contribution in [1.82, 2.24) is 5.32 Å². The first kappa shape index (κ1) is 10.9. The van der Waals surface area contributed by atoms with Gasteiger partial charge in [0.15, 0.2) is 0 Å². The summed E-state index contributed by atoms with van der Waals surface area (Å²) < 4.78 is 5.10. The summed E-state index contributed by atoms with van der Waals surface area (Å²) >= 11 is 5.95. The molecule has 14 heavy (non-hydrogen) atoms. The van der Waals surface area contributed by atoms with Gasteiger partial charge in [0, 0.05) is 12.6 Å². The molecule has 0 aliphatic rings. The van der Waals surface area contributed by atoms with Gasteiger partial charge in [-0.2, -0.15) is 0 Å². The Bertz CT molecular complexity index is 328. The highest BCUT2D eigenvalue weighted by Gasteiger charge is 2.19. The molecular formula is C10H12ClNO2. The fraction of sp³-hybridized carbons (Fsp3) is 0.300. The van der Waals surface area contributed by atoms with Gasteiger partial charge in [-0.15, -0.1) is 11.6 Å². The fourth-order valence-electron chi connectivity index (χ4n) is 1.14. The molecule has 0 fully saturated rings. The number of carbonyl (C=O) groups is 1. The SMILES string of the molecule is CNC(=O)C(Cl)c1ccccc1OC. The van der Waals surface area contributed by atoms with Gasteiger partial charge < -0.3 is 10.1 Å². The molecule has 0 aromatic heterocycles. The minimum absolute atomic E-state index is 0.240. The van der Waals surface area contributed by atoms with Gasteiger partial charge in [-0.05, 0) is 6.07 Å². The van der Waals surface area contributed by atoms with Gasteiger partial charge in [0.25, 0.3) is 0 Å². The lowest BCUT2D eigenvalue weighted by Gasteiger charge is -2.12. The summed E-state index contributed by atoms with van der Waals surface area (Å²) in [6.45, 7) is 0. The van der Waals surface area contributed by atoms with Gasteiger partial charge in [-0.1, -0.05) is 18.2 Å². The smallest absolute Gasteiger partial charge is 0.242 e. The number of hydrogen-bond acceptors (Lipinski definition) is 2.